The van der Waals surface area contributed by atoms with E-state index in [9.17, 15) is 0 Å². The van der Waals surface area contributed by atoms with Crippen molar-refractivity contribution < 1.29 is 0 Å². The molecular weight excluding hydrogens is 192 g/mol. The highest BCUT2D eigenvalue weighted by Gasteiger charge is 2.18. The predicted molar refractivity (Wildman–Crippen MR) is 64.0 cm³/mol. The average molecular weight is 211 g/mol. The first-order valence-corrected chi connectivity index (χ1v) is 5.74. The molecule has 0 heterocycles. The van der Waals surface area contributed by atoms with Gasteiger partial charge in [-0.3, -0.25) is 0 Å². The van der Waals surface area contributed by atoms with Gasteiger partial charge in [0.1, 0.15) is 0 Å². The summed E-state index contributed by atoms with van der Waals surface area (Å²) in [6.45, 7) is 6.58. The molecule has 0 bridgehead atoms. The molecule has 0 nitrogen and oxygen atoms in total. The van der Waals surface area contributed by atoms with Crippen LogP contribution in [0.4, 0.5) is 0 Å². The molecule has 0 fully saturated rings. The molecule has 0 aliphatic carbocycles. The third kappa shape index (κ3) is 3.34. The first-order valence-electron chi connectivity index (χ1n) is 5.30. The zero-order chi connectivity index (χ0) is 10.6. The summed E-state index contributed by atoms with van der Waals surface area (Å²) < 4.78 is 0. The maximum atomic E-state index is 6.22. The molecule has 1 aromatic carbocycles. The van der Waals surface area contributed by atoms with Gasteiger partial charge < -0.3 is 0 Å². The number of hydrogen-bond donors (Lipinski definition) is 0. The van der Waals surface area contributed by atoms with Crippen LogP contribution in [-0.4, -0.2) is 5.38 Å². The van der Waals surface area contributed by atoms with Crippen LogP contribution in [0.2, 0.25) is 0 Å². The minimum Gasteiger partial charge on any atom is -0.123 e. The Morgan fingerprint density at radius 3 is 2.07 bits per heavy atom. The lowest BCUT2D eigenvalue weighted by Crippen LogP contribution is -2.12. The molecule has 0 amide bonds. The number of alkyl halides is 1. The van der Waals surface area contributed by atoms with Crippen molar-refractivity contribution in [2.75, 3.05) is 0 Å². The second-order valence-electron chi connectivity index (χ2n) is 4.32. The van der Waals surface area contributed by atoms with Crippen LogP contribution in [0.3, 0.4) is 0 Å². The van der Waals surface area contributed by atoms with E-state index in [4.69, 9.17) is 11.6 Å². The van der Waals surface area contributed by atoms with Crippen molar-refractivity contribution in [3.05, 3.63) is 35.9 Å². The minimum absolute atomic E-state index is 0.208. The monoisotopic (exact) mass is 210 g/mol. The number of benzene rings is 1. The molecule has 1 rings (SSSR count). The van der Waals surface area contributed by atoms with Crippen molar-refractivity contribution in [2.24, 2.45) is 5.92 Å². The molecular formula is C13H19Cl. The van der Waals surface area contributed by atoms with Gasteiger partial charge in [-0.15, -0.1) is 11.6 Å². The van der Waals surface area contributed by atoms with E-state index in [-0.39, 0.29) is 5.38 Å². The SMILES string of the molecule is CC(C)CC(c1ccccc1)C(C)Cl. The highest BCUT2D eigenvalue weighted by molar-refractivity contribution is 6.20. The molecule has 0 saturated carbocycles. The third-order valence-corrected chi connectivity index (χ3v) is 2.81. The molecule has 0 aliphatic heterocycles. The van der Waals surface area contributed by atoms with Crippen LogP contribution < -0.4 is 0 Å². The van der Waals surface area contributed by atoms with E-state index in [1.54, 1.807) is 0 Å². The molecule has 0 spiro atoms. The lowest BCUT2D eigenvalue weighted by atomic mass is 9.88. The molecule has 0 radical (unpaired) electrons. The van der Waals surface area contributed by atoms with Crippen LogP contribution in [0.15, 0.2) is 30.3 Å². The van der Waals surface area contributed by atoms with E-state index in [1.165, 1.54) is 5.56 Å². The average Bonchev–Trinajstić information content (AvgIpc) is 2.15. The maximum absolute atomic E-state index is 6.22. The zero-order valence-corrected chi connectivity index (χ0v) is 9.96. The van der Waals surface area contributed by atoms with Gasteiger partial charge in [0.15, 0.2) is 0 Å². The van der Waals surface area contributed by atoms with Crippen LogP contribution in [0.5, 0.6) is 0 Å². The smallest absolute Gasteiger partial charge is 0.0376 e. The third-order valence-electron chi connectivity index (χ3n) is 2.51. The van der Waals surface area contributed by atoms with E-state index in [2.05, 4.69) is 51.1 Å². The molecule has 0 N–H and O–H groups in total. The van der Waals surface area contributed by atoms with Crippen LogP contribution in [0, 0.1) is 5.92 Å². The highest BCUT2D eigenvalue weighted by atomic mass is 35.5. The minimum atomic E-state index is 0.208. The fourth-order valence-corrected chi connectivity index (χ4v) is 2.05. The first kappa shape index (κ1) is 11.6. The van der Waals surface area contributed by atoms with E-state index in [0.717, 1.165) is 6.42 Å². The van der Waals surface area contributed by atoms with Crippen LogP contribution in [0.1, 0.15) is 38.7 Å². The summed E-state index contributed by atoms with van der Waals surface area (Å²) >= 11 is 6.22. The van der Waals surface area contributed by atoms with Crippen molar-refractivity contribution in [2.45, 2.75) is 38.5 Å². The number of rotatable bonds is 4. The molecule has 0 saturated heterocycles. The number of halogens is 1. The van der Waals surface area contributed by atoms with E-state index >= 15 is 0 Å². The van der Waals surface area contributed by atoms with Gasteiger partial charge in [0.2, 0.25) is 0 Å². The van der Waals surface area contributed by atoms with Gasteiger partial charge in [-0.05, 0) is 24.8 Å². The Balaban J connectivity index is 2.78. The molecule has 0 aromatic heterocycles. The molecule has 1 aromatic rings. The molecule has 14 heavy (non-hydrogen) atoms. The summed E-state index contributed by atoms with van der Waals surface area (Å²) in [5.74, 6) is 1.18. The van der Waals surface area contributed by atoms with E-state index in [0.29, 0.717) is 11.8 Å². The Labute approximate surface area is 92.3 Å². The lowest BCUT2D eigenvalue weighted by molar-refractivity contribution is 0.493. The van der Waals surface area contributed by atoms with Crippen LogP contribution >= 0.6 is 11.6 Å². The summed E-state index contributed by atoms with van der Waals surface area (Å²) in [4.78, 5) is 0. The summed E-state index contributed by atoms with van der Waals surface area (Å²) in [5, 5.41) is 0.208. The Kier molecular flexibility index (Phi) is 4.47. The molecule has 2 atom stereocenters. The summed E-state index contributed by atoms with van der Waals surface area (Å²) in [7, 11) is 0. The fourth-order valence-electron chi connectivity index (χ4n) is 1.80. The second-order valence-corrected chi connectivity index (χ2v) is 5.01. The first-order chi connectivity index (χ1) is 6.61. The Morgan fingerprint density at radius 1 is 1.07 bits per heavy atom. The van der Waals surface area contributed by atoms with Crippen LogP contribution in [-0.2, 0) is 0 Å². The van der Waals surface area contributed by atoms with Crippen molar-refractivity contribution in [1.82, 2.24) is 0 Å². The van der Waals surface area contributed by atoms with Gasteiger partial charge in [0.05, 0.1) is 0 Å². The number of hydrogen-bond acceptors (Lipinski definition) is 0. The molecule has 0 aliphatic rings. The second kappa shape index (κ2) is 5.41. The van der Waals surface area contributed by atoms with Crippen molar-refractivity contribution in [3.8, 4) is 0 Å². The Hall–Kier alpha value is -0.490. The van der Waals surface area contributed by atoms with E-state index < -0.39 is 0 Å². The topological polar surface area (TPSA) is 0 Å². The van der Waals surface area contributed by atoms with Crippen molar-refractivity contribution >= 4 is 11.6 Å². The van der Waals surface area contributed by atoms with Gasteiger partial charge >= 0.3 is 0 Å². The van der Waals surface area contributed by atoms with Gasteiger partial charge in [0.25, 0.3) is 0 Å². The summed E-state index contributed by atoms with van der Waals surface area (Å²) in [6.07, 6.45) is 1.16. The van der Waals surface area contributed by atoms with Crippen molar-refractivity contribution in [3.63, 3.8) is 0 Å². The lowest BCUT2D eigenvalue weighted by Gasteiger charge is -2.21. The van der Waals surface area contributed by atoms with E-state index in [1.807, 2.05) is 0 Å². The quantitative estimate of drug-likeness (QED) is 0.645. The highest BCUT2D eigenvalue weighted by Crippen LogP contribution is 2.29. The zero-order valence-electron chi connectivity index (χ0n) is 9.20. The largest absolute Gasteiger partial charge is 0.123 e. The van der Waals surface area contributed by atoms with Crippen molar-refractivity contribution in [1.29, 1.82) is 0 Å². The normalized spacial score (nSPS) is 15.5. The fraction of sp³-hybridized carbons (Fsp3) is 0.538. The molecule has 78 valence electrons. The van der Waals surface area contributed by atoms with Crippen LogP contribution in [0.25, 0.3) is 0 Å². The maximum Gasteiger partial charge on any atom is 0.0376 e. The van der Waals surface area contributed by atoms with Gasteiger partial charge in [-0.2, -0.15) is 0 Å². The summed E-state index contributed by atoms with van der Waals surface area (Å²) in [5.41, 5.74) is 1.36. The van der Waals surface area contributed by atoms with Gasteiger partial charge in [-0.1, -0.05) is 44.2 Å². The predicted octanol–water partition coefficient (Wildman–Crippen LogP) is 4.44. The van der Waals surface area contributed by atoms with Gasteiger partial charge in [0, 0.05) is 11.3 Å². The Bertz CT molecular complexity index is 251. The van der Waals surface area contributed by atoms with Gasteiger partial charge in [-0.25, -0.2) is 0 Å². The Morgan fingerprint density at radius 2 is 1.64 bits per heavy atom. The molecule has 2 unspecified atom stereocenters. The summed E-state index contributed by atoms with van der Waals surface area (Å²) in [6, 6.07) is 10.6. The molecule has 1 heteroatoms. The standard InChI is InChI=1S/C13H19Cl/c1-10(2)9-13(11(3)14)12-7-5-4-6-8-12/h4-8,10-11,13H,9H2,1-3H3.